The minimum absolute atomic E-state index is 0.251. The molecule has 4 rings (SSSR count). The molecule has 4 aromatic rings. The van der Waals surface area contributed by atoms with E-state index in [0.717, 1.165) is 33.7 Å². The molecule has 0 aliphatic heterocycles. The van der Waals surface area contributed by atoms with Gasteiger partial charge in [-0.15, -0.1) is 0 Å². The normalized spacial score (nSPS) is 11.0. The van der Waals surface area contributed by atoms with Gasteiger partial charge >= 0.3 is 0 Å². The third kappa shape index (κ3) is 3.15. The smallest absolute Gasteiger partial charge is 0.291 e. The highest BCUT2D eigenvalue weighted by molar-refractivity contribution is 9.10. The minimum Gasteiger partial charge on any atom is -0.444 e. The van der Waals surface area contributed by atoms with Crippen LogP contribution in [0.15, 0.2) is 57.6 Å². The van der Waals surface area contributed by atoms with Crippen molar-refractivity contribution in [3.8, 4) is 11.4 Å². The summed E-state index contributed by atoms with van der Waals surface area (Å²) < 4.78 is 5.83. The van der Waals surface area contributed by atoms with Gasteiger partial charge in [-0.25, -0.2) is 4.98 Å². The summed E-state index contributed by atoms with van der Waals surface area (Å²) >= 11 is 3.21. The van der Waals surface area contributed by atoms with Crippen LogP contribution in [0.5, 0.6) is 0 Å². The summed E-state index contributed by atoms with van der Waals surface area (Å²) in [5.41, 5.74) is 5.66. The molecule has 0 radical (unpaired) electrons. The number of nitrogens with one attached hydrogen (secondary N) is 2. The van der Waals surface area contributed by atoms with Gasteiger partial charge in [-0.2, -0.15) is 0 Å². The second-order valence-corrected chi connectivity index (χ2v) is 6.98. The average Bonchev–Trinajstić information content (AvgIpc) is 3.22. The molecule has 6 heteroatoms. The van der Waals surface area contributed by atoms with Gasteiger partial charge in [-0.3, -0.25) is 4.79 Å². The zero-order chi connectivity index (χ0) is 18.3. The Labute approximate surface area is 158 Å². The van der Waals surface area contributed by atoms with E-state index in [1.807, 2.05) is 44.2 Å². The predicted octanol–water partition coefficient (Wildman–Crippen LogP) is 5.45. The number of carbonyl (C=O) groups is 1. The van der Waals surface area contributed by atoms with Crippen molar-refractivity contribution in [2.24, 2.45) is 0 Å². The molecule has 2 aromatic heterocycles. The number of imidazole rings is 1. The highest BCUT2D eigenvalue weighted by atomic mass is 79.9. The molecule has 1 amide bonds. The summed E-state index contributed by atoms with van der Waals surface area (Å²) in [7, 11) is 0. The molecule has 0 fully saturated rings. The molecule has 0 spiro atoms. The second-order valence-electron chi connectivity index (χ2n) is 6.19. The van der Waals surface area contributed by atoms with Crippen LogP contribution in [0.4, 0.5) is 5.69 Å². The van der Waals surface area contributed by atoms with Gasteiger partial charge in [0, 0.05) is 11.3 Å². The Hall–Kier alpha value is -2.86. The lowest BCUT2D eigenvalue weighted by molar-refractivity contribution is 0.0995. The molecule has 0 saturated carbocycles. The Morgan fingerprint density at radius 2 is 1.96 bits per heavy atom. The van der Waals surface area contributed by atoms with Crippen molar-refractivity contribution in [2.45, 2.75) is 13.8 Å². The van der Waals surface area contributed by atoms with Gasteiger partial charge in [-0.1, -0.05) is 18.2 Å². The Kier molecular flexibility index (Phi) is 4.12. The number of fused-ring (bicyclic) bond motifs is 1. The van der Waals surface area contributed by atoms with E-state index >= 15 is 0 Å². The van der Waals surface area contributed by atoms with Crippen LogP contribution in [0.3, 0.4) is 0 Å². The van der Waals surface area contributed by atoms with E-state index in [1.165, 1.54) is 5.56 Å². The summed E-state index contributed by atoms with van der Waals surface area (Å²) in [6.45, 7) is 3.99. The fraction of sp³-hybridized carbons (Fsp3) is 0.100. The number of nitrogens with zero attached hydrogens (tertiary/aromatic N) is 1. The molecule has 0 atom stereocenters. The number of amides is 1. The number of H-pyrrole nitrogens is 1. The SMILES string of the molecule is Cc1ccc2nc(-c3ccc(C)c(NC(=O)c4ccc(Br)o4)c3)[nH]c2c1. The Balaban J connectivity index is 1.67. The number of hydrogen-bond donors (Lipinski definition) is 2. The number of rotatable bonds is 3. The van der Waals surface area contributed by atoms with E-state index in [0.29, 0.717) is 4.67 Å². The van der Waals surface area contributed by atoms with Crippen LogP contribution in [-0.2, 0) is 0 Å². The number of halogens is 1. The van der Waals surface area contributed by atoms with Crippen LogP contribution in [-0.4, -0.2) is 15.9 Å². The van der Waals surface area contributed by atoms with Crippen LogP contribution in [0.1, 0.15) is 21.7 Å². The summed E-state index contributed by atoms with van der Waals surface area (Å²) in [6.07, 6.45) is 0. The van der Waals surface area contributed by atoms with Gasteiger partial charge in [0.15, 0.2) is 10.4 Å². The van der Waals surface area contributed by atoms with Crippen LogP contribution < -0.4 is 5.32 Å². The standard InChI is InChI=1S/C20H16BrN3O2/c1-11-3-6-14-16(9-11)23-19(22-14)13-5-4-12(2)15(10-13)24-20(25)17-7-8-18(21)26-17/h3-10H,1-2H3,(H,22,23)(H,24,25). The zero-order valence-electron chi connectivity index (χ0n) is 14.3. The van der Waals surface area contributed by atoms with Crippen molar-refractivity contribution in [3.05, 3.63) is 70.1 Å². The molecule has 26 heavy (non-hydrogen) atoms. The molecule has 0 unspecified atom stereocenters. The van der Waals surface area contributed by atoms with Gasteiger partial charge in [0.05, 0.1) is 11.0 Å². The Morgan fingerprint density at radius 3 is 2.73 bits per heavy atom. The maximum absolute atomic E-state index is 12.4. The van der Waals surface area contributed by atoms with Crippen molar-refractivity contribution in [1.82, 2.24) is 9.97 Å². The van der Waals surface area contributed by atoms with E-state index in [-0.39, 0.29) is 11.7 Å². The van der Waals surface area contributed by atoms with Gasteiger partial charge in [0.1, 0.15) is 5.82 Å². The number of benzene rings is 2. The van der Waals surface area contributed by atoms with Crippen LogP contribution in [0.2, 0.25) is 0 Å². The minimum atomic E-state index is -0.295. The quantitative estimate of drug-likeness (QED) is 0.472. The van der Waals surface area contributed by atoms with Gasteiger partial charge in [0.2, 0.25) is 0 Å². The van der Waals surface area contributed by atoms with Crippen molar-refractivity contribution >= 4 is 38.6 Å². The second kappa shape index (κ2) is 6.46. The topological polar surface area (TPSA) is 70.9 Å². The van der Waals surface area contributed by atoms with E-state index in [2.05, 4.69) is 37.3 Å². The molecule has 0 aliphatic rings. The highest BCUT2D eigenvalue weighted by Crippen LogP contribution is 2.26. The van der Waals surface area contributed by atoms with Crippen molar-refractivity contribution in [2.75, 3.05) is 5.32 Å². The molecule has 130 valence electrons. The first-order valence-electron chi connectivity index (χ1n) is 8.14. The van der Waals surface area contributed by atoms with Crippen molar-refractivity contribution in [1.29, 1.82) is 0 Å². The number of carbonyl (C=O) groups excluding carboxylic acids is 1. The summed E-state index contributed by atoms with van der Waals surface area (Å²) in [5, 5.41) is 2.90. The fourth-order valence-corrected chi connectivity index (χ4v) is 3.09. The molecule has 2 N–H and O–H groups in total. The van der Waals surface area contributed by atoms with Gasteiger partial charge < -0.3 is 14.7 Å². The number of aromatic nitrogens is 2. The van der Waals surface area contributed by atoms with E-state index in [4.69, 9.17) is 4.42 Å². The third-order valence-corrected chi connectivity index (χ3v) is 4.62. The monoisotopic (exact) mass is 409 g/mol. The first kappa shape index (κ1) is 16.6. The number of furan rings is 1. The maximum Gasteiger partial charge on any atom is 0.291 e. The van der Waals surface area contributed by atoms with Crippen molar-refractivity contribution in [3.63, 3.8) is 0 Å². The average molecular weight is 410 g/mol. The first-order valence-corrected chi connectivity index (χ1v) is 8.93. The summed E-state index contributed by atoms with van der Waals surface area (Å²) in [5.74, 6) is 0.721. The molecular weight excluding hydrogens is 394 g/mol. The maximum atomic E-state index is 12.4. The van der Waals surface area contributed by atoms with Crippen LogP contribution in [0.25, 0.3) is 22.4 Å². The van der Waals surface area contributed by atoms with Gasteiger partial charge in [-0.05, 0) is 71.2 Å². The molecular formula is C20H16BrN3O2. The van der Waals surface area contributed by atoms with E-state index < -0.39 is 0 Å². The molecule has 2 heterocycles. The molecule has 5 nitrogen and oxygen atoms in total. The lowest BCUT2D eigenvalue weighted by atomic mass is 10.1. The van der Waals surface area contributed by atoms with Crippen molar-refractivity contribution < 1.29 is 9.21 Å². The number of aromatic amines is 1. The summed E-state index contributed by atoms with van der Waals surface area (Å²) in [4.78, 5) is 20.3. The van der Waals surface area contributed by atoms with Crippen LogP contribution in [0, 0.1) is 13.8 Å². The predicted molar refractivity (Wildman–Crippen MR) is 105 cm³/mol. The number of anilines is 1. The molecule has 2 aromatic carbocycles. The van der Waals surface area contributed by atoms with Crippen LogP contribution >= 0.6 is 15.9 Å². The molecule has 0 bridgehead atoms. The largest absolute Gasteiger partial charge is 0.444 e. The number of hydrogen-bond acceptors (Lipinski definition) is 3. The molecule has 0 aliphatic carbocycles. The first-order chi connectivity index (χ1) is 12.5. The number of aryl methyl sites for hydroxylation is 2. The Bertz CT molecular complexity index is 1130. The fourth-order valence-electron chi connectivity index (χ4n) is 2.78. The summed E-state index contributed by atoms with van der Waals surface area (Å²) in [6, 6.07) is 15.3. The lowest BCUT2D eigenvalue weighted by Gasteiger charge is -2.09. The zero-order valence-corrected chi connectivity index (χ0v) is 15.8. The Morgan fingerprint density at radius 1 is 1.12 bits per heavy atom. The lowest BCUT2D eigenvalue weighted by Crippen LogP contribution is -2.11. The van der Waals surface area contributed by atoms with Gasteiger partial charge in [0.25, 0.3) is 5.91 Å². The highest BCUT2D eigenvalue weighted by Gasteiger charge is 2.13. The third-order valence-electron chi connectivity index (χ3n) is 4.19. The van der Waals surface area contributed by atoms with E-state index in [9.17, 15) is 4.79 Å². The van der Waals surface area contributed by atoms with E-state index in [1.54, 1.807) is 12.1 Å². The molecule has 0 saturated heterocycles.